The van der Waals surface area contributed by atoms with Crippen LogP contribution >= 0.6 is 0 Å². The molecule has 2 heterocycles. The summed E-state index contributed by atoms with van der Waals surface area (Å²) in [6.45, 7) is 2.95. The molecule has 0 unspecified atom stereocenters. The minimum atomic E-state index is 0.257. The van der Waals surface area contributed by atoms with Crippen LogP contribution in [0.15, 0.2) is 55.0 Å². The van der Waals surface area contributed by atoms with Crippen LogP contribution in [0.5, 0.6) is 17.4 Å². The molecule has 0 fully saturated rings. The summed E-state index contributed by atoms with van der Waals surface area (Å²) >= 11 is 0. The molecule has 0 aliphatic carbocycles. The highest BCUT2D eigenvalue weighted by Gasteiger charge is 2.07. The van der Waals surface area contributed by atoms with Gasteiger partial charge in [-0.25, -0.2) is 15.0 Å². The third kappa shape index (κ3) is 4.24. The number of benzene rings is 1. The van der Waals surface area contributed by atoms with Gasteiger partial charge >= 0.3 is 0 Å². The normalized spacial score (nSPS) is 10.0. The Balaban J connectivity index is 1.65. The number of anilines is 1. The largest absolute Gasteiger partial charge is 0.490 e. The number of hydrogen-bond acceptors (Lipinski definition) is 7. The molecule has 7 nitrogen and oxygen atoms in total. The standard InChI is InChI=1S/C19H17N5O2/c1-2-25-16-5-3-4-6-17(16)26-18-8-7-14(12-23-18)13-24-19-15(11-20)21-9-10-22-19/h3-10,12H,2,13H2,1H3,(H,22,24). The summed E-state index contributed by atoms with van der Waals surface area (Å²) in [5.74, 6) is 2.21. The number of rotatable bonds is 7. The number of ether oxygens (including phenoxy) is 2. The number of hydrogen-bond donors (Lipinski definition) is 1. The van der Waals surface area contributed by atoms with Crippen LogP contribution in [0.4, 0.5) is 5.82 Å². The average molecular weight is 347 g/mol. The molecule has 0 amide bonds. The molecule has 0 bridgehead atoms. The van der Waals surface area contributed by atoms with E-state index >= 15 is 0 Å². The second-order valence-electron chi connectivity index (χ2n) is 5.21. The van der Waals surface area contributed by atoms with E-state index in [0.717, 1.165) is 5.56 Å². The van der Waals surface area contributed by atoms with Crippen molar-refractivity contribution in [3.63, 3.8) is 0 Å². The Bertz CT molecular complexity index is 906. The fraction of sp³-hybridized carbons (Fsp3) is 0.158. The fourth-order valence-corrected chi connectivity index (χ4v) is 2.23. The molecule has 26 heavy (non-hydrogen) atoms. The van der Waals surface area contributed by atoms with Crippen LogP contribution in [0.2, 0.25) is 0 Å². The Morgan fingerprint density at radius 2 is 1.85 bits per heavy atom. The molecule has 0 atom stereocenters. The molecule has 7 heteroatoms. The molecule has 3 aromatic rings. The van der Waals surface area contributed by atoms with Gasteiger partial charge < -0.3 is 14.8 Å². The molecular formula is C19H17N5O2. The quantitative estimate of drug-likeness (QED) is 0.698. The maximum absolute atomic E-state index is 9.02. The Kier molecular flexibility index (Phi) is 5.58. The highest BCUT2D eigenvalue weighted by Crippen LogP contribution is 2.30. The molecule has 0 aliphatic rings. The third-order valence-corrected chi connectivity index (χ3v) is 3.43. The minimum absolute atomic E-state index is 0.257. The van der Waals surface area contributed by atoms with Gasteiger partial charge in [-0.3, -0.25) is 0 Å². The first-order chi connectivity index (χ1) is 12.8. The minimum Gasteiger partial charge on any atom is -0.490 e. The van der Waals surface area contributed by atoms with Crippen LogP contribution in [0.1, 0.15) is 18.2 Å². The van der Waals surface area contributed by atoms with Crippen molar-refractivity contribution in [2.24, 2.45) is 0 Å². The van der Waals surface area contributed by atoms with Gasteiger partial charge in [-0.05, 0) is 24.6 Å². The van der Waals surface area contributed by atoms with Crippen molar-refractivity contribution in [3.05, 3.63) is 66.2 Å². The van der Waals surface area contributed by atoms with E-state index in [0.29, 0.717) is 36.3 Å². The molecule has 0 radical (unpaired) electrons. The van der Waals surface area contributed by atoms with Gasteiger partial charge in [-0.1, -0.05) is 18.2 Å². The fourth-order valence-electron chi connectivity index (χ4n) is 2.23. The molecule has 0 spiro atoms. The number of pyridine rings is 1. The SMILES string of the molecule is CCOc1ccccc1Oc1ccc(CNc2nccnc2C#N)cn1. The van der Waals surface area contributed by atoms with E-state index in [1.807, 2.05) is 43.3 Å². The zero-order valence-corrected chi connectivity index (χ0v) is 14.2. The van der Waals surface area contributed by atoms with Crippen LogP contribution in [-0.4, -0.2) is 21.6 Å². The van der Waals surface area contributed by atoms with Gasteiger partial charge in [0.25, 0.3) is 0 Å². The number of nitrogens with zero attached hydrogens (tertiary/aromatic N) is 4. The number of nitrogens with one attached hydrogen (secondary N) is 1. The van der Waals surface area contributed by atoms with E-state index in [9.17, 15) is 0 Å². The lowest BCUT2D eigenvalue weighted by Gasteiger charge is -2.11. The Labute approximate surface area is 151 Å². The zero-order chi connectivity index (χ0) is 18.2. The van der Waals surface area contributed by atoms with Crippen molar-refractivity contribution in [2.75, 3.05) is 11.9 Å². The summed E-state index contributed by atoms with van der Waals surface area (Å²) in [6.07, 6.45) is 4.72. The Morgan fingerprint density at radius 1 is 1.04 bits per heavy atom. The van der Waals surface area contributed by atoms with Crippen LogP contribution in [-0.2, 0) is 6.54 Å². The molecule has 0 aliphatic heterocycles. The van der Waals surface area contributed by atoms with Gasteiger partial charge in [-0.15, -0.1) is 0 Å². The van der Waals surface area contributed by atoms with Crippen LogP contribution in [0.25, 0.3) is 0 Å². The number of nitriles is 1. The van der Waals surface area contributed by atoms with Crippen molar-refractivity contribution in [2.45, 2.75) is 13.5 Å². The van der Waals surface area contributed by atoms with E-state index in [4.69, 9.17) is 14.7 Å². The molecule has 130 valence electrons. The summed E-state index contributed by atoms with van der Waals surface area (Å²) < 4.78 is 11.3. The second-order valence-corrected chi connectivity index (χ2v) is 5.21. The van der Waals surface area contributed by atoms with Crippen LogP contribution < -0.4 is 14.8 Å². The van der Waals surface area contributed by atoms with Crippen molar-refractivity contribution < 1.29 is 9.47 Å². The highest BCUT2D eigenvalue weighted by atomic mass is 16.5. The highest BCUT2D eigenvalue weighted by molar-refractivity contribution is 5.47. The van der Waals surface area contributed by atoms with E-state index in [-0.39, 0.29) is 5.69 Å². The van der Waals surface area contributed by atoms with E-state index in [1.165, 1.54) is 12.4 Å². The van der Waals surface area contributed by atoms with E-state index in [2.05, 4.69) is 20.3 Å². The van der Waals surface area contributed by atoms with Gasteiger partial charge in [0.05, 0.1) is 6.61 Å². The van der Waals surface area contributed by atoms with E-state index < -0.39 is 0 Å². The molecule has 2 aromatic heterocycles. The average Bonchev–Trinajstić information content (AvgIpc) is 2.69. The number of aromatic nitrogens is 3. The molecule has 0 saturated heterocycles. The van der Waals surface area contributed by atoms with Crippen molar-refractivity contribution in [3.8, 4) is 23.4 Å². The zero-order valence-electron chi connectivity index (χ0n) is 14.2. The molecular weight excluding hydrogens is 330 g/mol. The molecule has 1 N–H and O–H groups in total. The first kappa shape index (κ1) is 17.2. The molecule has 3 rings (SSSR count). The summed E-state index contributed by atoms with van der Waals surface area (Å²) in [5, 5.41) is 12.1. The lowest BCUT2D eigenvalue weighted by atomic mass is 10.3. The maximum Gasteiger partial charge on any atom is 0.219 e. The lowest BCUT2D eigenvalue weighted by Crippen LogP contribution is -2.04. The topological polar surface area (TPSA) is 93.0 Å². The smallest absolute Gasteiger partial charge is 0.219 e. The Morgan fingerprint density at radius 3 is 2.58 bits per heavy atom. The summed E-state index contributed by atoms with van der Waals surface area (Å²) in [6, 6.07) is 13.1. The maximum atomic E-state index is 9.02. The third-order valence-electron chi connectivity index (χ3n) is 3.43. The molecule has 1 aromatic carbocycles. The van der Waals surface area contributed by atoms with Crippen molar-refractivity contribution in [1.82, 2.24) is 15.0 Å². The Hall–Kier alpha value is -3.66. The summed E-state index contributed by atoms with van der Waals surface area (Å²) in [5.41, 5.74) is 1.18. The number of para-hydroxylation sites is 2. The summed E-state index contributed by atoms with van der Waals surface area (Å²) in [7, 11) is 0. The van der Waals surface area contributed by atoms with Crippen molar-refractivity contribution >= 4 is 5.82 Å². The first-order valence-electron chi connectivity index (χ1n) is 8.09. The van der Waals surface area contributed by atoms with Gasteiger partial charge in [0.15, 0.2) is 23.0 Å². The van der Waals surface area contributed by atoms with Crippen LogP contribution in [0.3, 0.4) is 0 Å². The molecule has 0 saturated carbocycles. The lowest BCUT2D eigenvalue weighted by molar-refractivity contribution is 0.319. The van der Waals surface area contributed by atoms with E-state index in [1.54, 1.807) is 12.3 Å². The predicted octanol–water partition coefficient (Wildman–Crippen LogP) is 3.55. The second kappa shape index (κ2) is 8.44. The van der Waals surface area contributed by atoms with Gasteiger partial charge in [0, 0.05) is 31.2 Å². The van der Waals surface area contributed by atoms with Gasteiger partial charge in [0.1, 0.15) is 6.07 Å². The van der Waals surface area contributed by atoms with Crippen molar-refractivity contribution in [1.29, 1.82) is 5.26 Å². The van der Waals surface area contributed by atoms with Gasteiger partial charge in [0.2, 0.25) is 5.88 Å². The first-order valence-corrected chi connectivity index (χ1v) is 8.09. The monoisotopic (exact) mass is 347 g/mol. The summed E-state index contributed by atoms with van der Waals surface area (Å²) in [4.78, 5) is 12.4. The van der Waals surface area contributed by atoms with Crippen LogP contribution in [0, 0.1) is 11.3 Å². The predicted molar refractivity (Wildman–Crippen MR) is 96.0 cm³/mol. The van der Waals surface area contributed by atoms with Gasteiger partial charge in [-0.2, -0.15) is 5.26 Å².